The van der Waals surface area contributed by atoms with E-state index in [-0.39, 0.29) is 11.8 Å². The van der Waals surface area contributed by atoms with Crippen molar-refractivity contribution in [1.82, 2.24) is 19.7 Å². The Labute approximate surface area is 205 Å². The molecule has 0 spiro atoms. The van der Waals surface area contributed by atoms with Crippen LogP contribution in [-0.4, -0.2) is 66.0 Å². The first-order valence-electron chi connectivity index (χ1n) is 10.8. The molecule has 3 rings (SSSR count). The van der Waals surface area contributed by atoms with E-state index in [0.717, 1.165) is 0 Å². The number of sulfonamides is 1. The quantitative estimate of drug-likeness (QED) is 0.449. The van der Waals surface area contributed by atoms with E-state index in [4.69, 9.17) is 14.2 Å². The number of pyridine rings is 1. The number of aromatic nitrogens is 4. The van der Waals surface area contributed by atoms with E-state index in [1.807, 2.05) is 0 Å². The average Bonchev–Trinajstić information content (AvgIpc) is 3.23. The van der Waals surface area contributed by atoms with E-state index in [1.165, 1.54) is 32.8 Å². The number of aliphatic hydroxyl groups is 1. The molecule has 0 radical (unpaired) electrons. The van der Waals surface area contributed by atoms with Crippen LogP contribution in [-0.2, 0) is 10.0 Å². The standard InChI is InChI=1S/C23H31N5O6S/c1-14(20(29)23(2,3)4)35(30,31)27-22-26-25-21(15-10-8-13-18(24-15)34-7)28(22)19-16(32-5)11-9-12-17(19)33-6/h8-14,20,29H,1-7H3,(H,26,27)/t14-,20-/m0/s1. The van der Waals surface area contributed by atoms with Gasteiger partial charge in [-0.2, -0.15) is 0 Å². The Balaban J connectivity index is 2.24. The molecule has 2 aromatic heterocycles. The number of para-hydroxylation sites is 1. The first-order valence-corrected chi connectivity index (χ1v) is 12.4. The van der Waals surface area contributed by atoms with Crippen LogP contribution in [0.3, 0.4) is 0 Å². The lowest BCUT2D eigenvalue weighted by molar-refractivity contribution is 0.0627. The summed E-state index contributed by atoms with van der Waals surface area (Å²) in [6.07, 6.45) is -1.14. The van der Waals surface area contributed by atoms with Gasteiger partial charge in [-0.25, -0.2) is 13.4 Å². The number of hydrogen-bond donors (Lipinski definition) is 2. The molecule has 0 bridgehead atoms. The smallest absolute Gasteiger partial charge is 0.243 e. The van der Waals surface area contributed by atoms with Crippen molar-refractivity contribution in [2.75, 3.05) is 26.1 Å². The number of nitrogens with one attached hydrogen (secondary N) is 1. The van der Waals surface area contributed by atoms with Gasteiger partial charge in [-0.1, -0.05) is 32.9 Å². The highest BCUT2D eigenvalue weighted by Gasteiger charge is 2.37. The molecule has 2 atom stereocenters. The molecule has 0 amide bonds. The number of anilines is 1. The normalized spacial score (nSPS) is 13.7. The summed E-state index contributed by atoms with van der Waals surface area (Å²) in [7, 11) is 0.358. The molecule has 190 valence electrons. The Morgan fingerprint density at radius 2 is 1.57 bits per heavy atom. The molecule has 2 N–H and O–H groups in total. The van der Waals surface area contributed by atoms with Gasteiger partial charge in [0, 0.05) is 6.07 Å². The first-order chi connectivity index (χ1) is 16.4. The van der Waals surface area contributed by atoms with Gasteiger partial charge in [0.1, 0.15) is 28.1 Å². The third kappa shape index (κ3) is 5.33. The predicted octanol–water partition coefficient (Wildman–Crippen LogP) is 2.89. The molecule has 2 heterocycles. The third-order valence-corrected chi connectivity index (χ3v) is 7.21. The molecule has 3 aromatic rings. The second kappa shape index (κ2) is 10.1. The lowest BCUT2D eigenvalue weighted by atomic mass is 9.87. The van der Waals surface area contributed by atoms with Crippen LogP contribution < -0.4 is 18.9 Å². The molecule has 0 saturated heterocycles. The van der Waals surface area contributed by atoms with Gasteiger partial charge in [0.2, 0.25) is 21.9 Å². The minimum Gasteiger partial charge on any atom is -0.494 e. The van der Waals surface area contributed by atoms with Crippen LogP contribution in [0.5, 0.6) is 17.4 Å². The summed E-state index contributed by atoms with van der Waals surface area (Å²) in [4.78, 5) is 4.42. The van der Waals surface area contributed by atoms with Crippen LogP contribution in [0.4, 0.5) is 5.95 Å². The summed E-state index contributed by atoms with van der Waals surface area (Å²) in [5, 5.41) is 17.8. The van der Waals surface area contributed by atoms with Crippen molar-refractivity contribution in [3.63, 3.8) is 0 Å². The summed E-state index contributed by atoms with van der Waals surface area (Å²) in [5.41, 5.74) is 0.0745. The Kier molecular flexibility index (Phi) is 7.56. The van der Waals surface area contributed by atoms with Crippen LogP contribution >= 0.6 is 0 Å². The maximum absolute atomic E-state index is 13.3. The Hall–Kier alpha value is -3.38. The zero-order chi connectivity index (χ0) is 26.0. The van der Waals surface area contributed by atoms with Crippen molar-refractivity contribution in [3.8, 4) is 34.6 Å². The van der Waals surface area contributed by atoms with Gasteiger partial charge in [0.15, 0.2) is 5.82 Å². The first kappa shape index (κ1) is 26.2. The second-order valence-electron chi connectivity index (χ2n) is 8.92. The highest BCUT2D eigenvalue weighted by atomic mass is 32.2. The molecule has 0 aliphatic carbocycles. The van der Waals surface area contributed by atoms with Crippen LogP contribution in [0.1, 0.15) is 27.7 Å². The molecule has 0 aliphatic heterocycles. The van der Waals surface area contributed by atoms with Crippen LogP contribution in [0, 0.1) is 5.41 Å². The van der Waals surface area contributed by atoms with Gasteiger partial charge in [-0.05, 0) is 30.5 Å². The maximum atomic E-state index is 13.3. The van der Waals surface area contributed by atoms with Gasteiger partial charge < -0.3 is 19.3 Å². The van der Waals surface area contributed by atoms with E-state index >= 15 is 0 Å². The Bertz CT molecular complexity index is 1260. The second-order valence-corrected chi connectivity index (χ2v) is 11.0. The van der Waals surface area contributed by atoms with Crippen LogP contribution in [0.25, 0.3) is 17.2 Å². The molecule has 0 saturated carbocycles. The Morgan fingerprint density at radius 1 is 0.971 bits per heavy atom. The van der Waals surface area contributed by atoms with Gasteiger partial charge in [0.25, 0.3) is 0 Å². The molecular formula is C23H31N5O6S. The summed E-state index contributed by atoms with van der Waals surface area (Å²) < 4.78 is 46.8. The maximum Gasteiger partial charge on any atom is 0.243 e. The largest absolute Gasteiger partial charge is 0.494 e. The van der Waals surface area contributed by atoms with Gasteiger partial charge >= 0.3 is 0 Å². The predicted molar refractivity (Wildman–Crippen MR) is 132 cm³/mol. The number of ether oxygens (including phenoxy) is 3. The van der Waals surface area contributed by atoms with E-state index in [0.29, 0.717) is 28.8 Å². The topological polar surface area (TPSA) is 138 Å². The van der Waals surface area contributed by atoms with Crippen molar-refractivity contribution >= 4 is 16.0 Å². The molecule has 1 aromatic carbocycles. The fourth-order valence-corrected chi connectivity index (χ4v) is 4.85. The number of benzene rings is 1. The summed E-state index contributed by atoms with van der Waals surface area (Å²) in [6.45, 7) is 6.72. The van der Waals surface area contributed by atoms with E-state index in [9.17, 15) is 13.5 Å². The lowest BCUT2D eigenvalue weighted by Crippen LogP contribution is -2.43. The van der Waals surface area contributed by atoms with Crippen LogP contribution in [0.2, 0.25) is 0 Å². The minimum absolute atomic E-state index is 0.125. The minimum atomic E-state index is -4.10. The molecule has 35 heavy (non-hydrogen) atoms. The van der Waals surface area contributed by atoms with E-state index < -0.39 is 26.8 Å². The fourth-order valence-electron chi connectivity index (χ4n) is 3.53. The number of aliphatic hydroxyl groups excluding tert-OH is 1. The SMILES string of the molecule is COc1cccc(-c2nnc(NS(=O)(=O)[C@@H](C)[C@H](O)C(C)(C)C)n2-c2c(OC)cccc2OC)n1. The fraction of sp³-hybridized carbons (Fsp3) is 0.435. The van der Waals surface area contributed by atoms with Gasteiger partial charge in [0.05, 0.1) is 27.4 Å². The zero-order valence-corrected chi connectivity index (χ0v) is 21.6. The third-order valence-electron chi connectivity index (χ3n) is 5.51. The summed E-state index contributed by atoms with van der Waals surface area (Å²) >= 11 is 0. The number of methoxy groups -OCH3 is 3. The van der Waals surface area contributed by atoms with Crippen molar-refractivity contribution in [3.05, 3.63) is 36.4 Å². The van der Waals surface area contributed by atoms with Gasteiger partial charge in [-0.3, -0.25) is 9.29 Å². The highest BCUT2D eigenvalue weighted by molar-refractivity contribution is 7.93. The molecule has 12 heteroatoms. The van der Waals surface area contributed by atoms with E-state index in [1.54, 1.807) is 57.2 Å². The highest BCUT2D eigenvalue weighted by Crippen LogP contribution is 2.38. The number of nitrogens with zero attached hydrogens (tertiary/aromatic N) is 4. The molecule has 0 aliphatic rings. The van der Waals surface area contributed by atoms with Gasteiger partial charge in [-0.15, -0.1) is 10.2 Å². The molecule has 0 unspecified atom stereocenters. The van der Waals surface area contributed by atoms with Crippen molar-refractivity contribution < 1.29 is 27.7 Å². The number of hydrogen-bond acceptors (Lipinski definition) is 9. The Morgan fingerprint density at radius 3 is 2.11 bits per heavy atom. The van der Waals surface area contributed by atoms with Crippen molar-refractivity contribution in [2.45, 2.75) is 39.0 Å². The summed E-state index contributed by atoms with van der Waals surface area (Å²) in [5.74, 6) is 1.20. The average molecular weight is 506 g/mol. The molecule has 11 nitrogen and oxygen atoms in total. The van der Waals surface area contributed by atoms with Crippen molar-refractivity contribution in [1.29, 1.82) is 0 Å². The van der Waals surface area contributed by atoms with Crippen LogP contribution in [0.15, 0.2) is 36.4 Å². The molecular weight excluding hydrogens is 474 g/mol. The van der Waals surface area contributed by atoms with E-state index in [2.05, 4.69) is 19.9 Å². The lowest BCUT2D eigenvalue weighted by Gasteiger charge is -2.30. The number of rotatable bonds is 9. The summed E-state index contributed by atoms with van der Waals surface area (Å²) in [6, 6.07) is 10.2. The molecule has 0 fully saturated rings. The monoisotopic (exact) mass is 505 g/mol. The zero-order valence-electron chi connectivity index (χ0n) is 20.8. The van der Waals surface area contributed by atoms with Crippen molar-refractivity contribution in [2.24, 2.45) is 5.41 Å².